The van der Waals surface area contributed by atoms with Crippen molar-refractivity contribution in [1.29, 1.82) is 0 Å². The Kier molecular flexibility index (Phi) is 5.00. The van der Waals surface area contributed by atoms with Crippen molar-refractivity contribution in [3.63, 3.8) is 0 Å². The molecule has 0 spiro atoms. The van der Waals surface area contributed by atoms with Gasteiger partial charge in [0, 0.05) is 6.54 Å². The maximum atomic E-state index is 3.49. The third-order valence-corrected chi connectivity index (χ3v) is 3.56. The monoisotopic (exact) mass is 243 g/mol. The first-order valence-electron chi connectivity index (χ1n) is 7.33. The molecule has 1 saturated carbocycles. The van der Waals surface area contributed by atoms with Crippen LogP contribution >= 0.6 is 0 Å². The molecule has 0 aliphatic heterocycles. The van der Waals surface area contributed by atoms with Crippen LogP contribution in [0.5, 0.6) is 0 Å². The molecule has 0 radical (unpaired) electrons. The zero-order chi connectivity index (χ0) is 12.8. The van der Waals surface area contributed by atoms with E-state index >= 15 is 0 Å². The Morgan fingerprint density at radius 2 is 2.17 bits per heavy atom. The standard InChI is InChI=1S/C17H25N/c1-3-10-18-13-14(4-2)11-15-6-5-7-17(12-15)16-8-9-16/h5-7,11-12,16,18H,3-4,8-10,13H2,1-2H3. The van der Waals surface area contributed by atoms with Crippen LogP contribution in [-0.4, -0.2) is 13.1 Å². The van der Waals surface area contributed by atoms with Crippen molar-refractivity contribution in [3.05, 3.63) is 41.0 Å². The van der Waals surface area contributed by atoms with E-state index in [9.17, 15) is 0 Å². The highest BCUT2D eigenvalue weighted by atomic mass is 14.8. The third-order valence-electron chi connectivity index (χ3n) is 3.56. The largest absolute Gasteiger partial charge is 0.313 e. The molecule has 1 aliphatic carbocycles. The van der Waals surface area contributed by atoms with E-state index in [1.165, 1.54) is 36.0 Å². The van der Waals surface area contributed by atoms with Crippen molar-refractivity contribution in [3.8, 4) is 0 Å². The summed E-state index contributed by atoms with van der Waals surface area (Å²) in [6, 6.07) is 9.07. The number of hydrogen-bond donors (Lipinski definition) is 1. The fourth-order valence-corrected chi connectivity index (χ4v) is 2.26. The van der Waals surface area contributed by atoms with Gasteiger partial charge in [0.15, 0.2) is 0 Å². The Labute approximate surface area is 111 Å². The molecule has 1 heteroatoms. The van der Waals surface area contributed by atoms with Crippen LogP contribution in [0.4, 0.5) is 0 Å². The van der Waals surface area contributed by atoms with Crippen LogP contribution in [-0.2, 0) is 0 Å². The van der Waals surface area contributed by atoms with Gasteiger partial charge in [0.2, 0.25) is 0 Å². The molecule has 0 saturated heterocycles. The van der Waals surface area contributed by atoms with Gasteiger partial charge in [0.1, 0.15) is 0 Å². The van der Waals surface area contributed by atoms with Gasteiger partial charge < -0.3 is 5.32 Å². The Morgan fingerprint density at radius 1 is 1.33 bits per heavy atom. The molecule has 0 amide bonds. The summed E-state index contributed by atoms with van der Waals surface area (Å²) in [6.07, 6.45) is 7.45. The molecule has 98 valence electrons. The maximum absolute atomic E-state index is 3.49. The summed E-state index contributed by atoms with van der Waals surface area (Å²) in [5.41, 5.74) is 4.40. The van der Waals surface area contributed by atoms with E-state index in [2.05, 4.69) is 49.5 Å². The summed E-state index contributed by atoms with van der Waals surface area (Å²) in [5.74, 6) is 0.849. The van der Waals surface area contributed by atoms with E-state index in [4.69, 9.17) is 0 Å². The molecule has 1 aromatic rings. The Morgan fingerprint density at radius 3 is 2.83 bits per heavy atom. The number of nitrogens with one attached hydrogen (secondary N) is 1. The second kappa shape index (κ2) is 6.75. The zero-order valence-corrected chi connectivity index (χ0v) is 11.7. The molecule has 0 bridgehead atoms. The molecule has 1 aromatic carbocycles. The average molecular weight is 243 g/mol. The van der Waals surface area contributed by atoms with Gasteiger partial charge in [-0.1, -0.05) is 49.8 Å². The topological polar surface area (TPSA) is 12.0 Å². The Hall–Kier alpha value is -1.08. The molecule has 18 heavy (non-hydrogen) atoms. The fourth-order valence-electron chi connectivity index (χ4n) is 2.26. The van der Waals surface area contributed by atoms with Gasteiger partial charge in [-0.15, -0.1) is 0 Å². The second-order valence-electron chi connectivity index (χ2n) is 5.28. The van der Waals surface area contributed by atoms with Crippen molar-refractivity contribution < 1.29 is 0 Å². The predicted octanol–water partition coefficient (Wildman–Crippen LogP) is 4.36. The summed E-state index contributed by atoms with van der Waals surface area (Å²) >= 11 is 0. The minimum absolute atomic E-state index is 0.849. The van der Waals surface area contributed by atoms with Crippen LogP contribution in [0.3, 0.4) is 0 Å². The van der Waals surface area contributed by atoms with Crippen molar-refractivity contribution in [2.45, 2.75) is 45.4 Å². The van der Waals surface area contributed by atoms with E-state index < -0.39 is 0 Å². The second-order valence-corrected chi connectivity index (χ2v) is 5.28. The van der Waals surface area contributed by atoms with Gasteiger partial charge in [0.05, 0.1) is 0 Å². The van der Waals surface area contributed by atoms with E-state index in [1.54, 1.807) is 0 Å². The lowest BCUT2D eigenvalue weighted by atomic mass is 10.0. The van der Waals surface area contributed by atoms with Crippen molar-refractivity contribution >= 4 is 6.08 Å². The van der Waals surface area contributed by atoms with E-state index in [-0.39, 0.29) is 0 Å². The highest BCUT2D eigenvalue weighted by Crippen LogP contribution is 2.40. The summed E-state index contributed by atoms with van der Waals surface area (Å²) < 4.78 is 0. The van der Waals surface area contributed by atoms with Gasteiger partial charge in [-0.2, -0.15) is 0 Å². The molecule has 1 fully saturated rings. The van der Waals surface area contributed by atoms with Crippen LogP contribution in [0.2, 0.25) is 0 Å². The molecule has 1 nitrogen and oxygen atoms in total. The minimum Gasteiger partial charge on any atom is -0.313 e. The summed E-state index contributed by atoms with van der Waals surface area (Å²) in [7, 11) is 0. The van der Waals surface area contributed by atoms with Crippen molar-refractivity contribution in [1.82, 2.24) is 5.32 Å². The summed E-state index contributed by atoms with van der Waals surface area (Å²) in [5, 5.41) is 3.49. The predicted molar refractivity (Wildman–Crippen MR) is 79.8 cm³/mol. The highest BCUT2D eigenvalue weighted by molar-refractivity contribution is 5.54. The van der Waals surface area contributed by atoms with Crippen molar-refractivity contribution in [2.24, 2.45) is 0 Å². The maximum Gasteiger partial charge on any atom is 0.0167 e. The van der Waals surface area contributed by atoms with E-state index in [1.807, 2.05) is 0 Å². The van der Waals surface area contributed by atoms with Gasteiger partial charge in [0.25, 0.3) is 0 Å². The van der Waals surface area contributed by atoms with Gasteiger partial charge >= 0.3 is 0 Å². The number of rotatable bonds is 7. The normalized spacial score (nSPS) is 16.0. The highest BCUT2D eigenvalue weighted by Gasteiger charge is 2.23. The van der Waals surface area contributed by atoms with Crippen LogP contribution in [0, 0.1) is 0 Å². The molecular formula is C17H25N. The third kappa shape index (κ3) is 3.99. The quantitative estimate of drug-likeness (QED) is 0.702. The van der Waals surface area contributed by atoms with Crippen LogP contribution in [0.15, 0.2) is 29.8 Å². The molecular weight excluding hydrogens is 218 g/mol. The van der Waals surface area contributed by atoms with E-state index in [0.29, 0.717) is 0 Å². The van der Waals surface area contributed by atoms with Crippen molar-refractivity contribution in [2.75, 3.05) is 13.1 Å². The van der Waals surface area contributed by atoms with Crippen LogP contribution < -0.4 is 5.32 Å². The Balaban J connectivity index is 2.01. The Bertz CT molecular complexity index is 402. The zero-order valence-electron chi connectivity index (χ0n) is 11.7. The van der Waals surface area contributed by atoms with Gasteiger partial charge in [-0.25, -0.2) is 0 Å². The first-order chi connectivity index (χ1) is 8.83. The van der Waals surface area contributed by atoms with Crippen LogP contribution in [0.1, 0.15) is 56.6 Å². The SMILES string of the molecule is CCCNCC(=Cc1cccc(C2CC2)c1)CC. The molecule has 0 unspecified atom stereocenters. The van der Waals surface area contributed by atoms with Gasteiger partial charge in [-0.3, -0.25) is 0 Å². The van der Waals surface area contributed by atoms with E-state index in [0.717, 1.165) is 25.4 Å². The number of hydrogen-bond acceptors (Lipinski definition) is 1. The minimum atomic E-state index is 0.849. The molecule has 0 aromatic heterocycles. The average Bonchev–Trinajstić information content (AvgIpc) is 3.22. The molecule has 0 heterocycles. The molecule has 1 aliphatic rings. The smallest absolute Gasteiger partial charge is 0.0167 e. The lowest BCUT2D eigenvalue weighted by Crippen LogP contribution is -2.17. The fraction of sp³-hybridized carbons (Fsp3) is 0.529. The summed E-state index contributed by atoms with van der Waals surface area (Å²) in [4.78, 5) is 0. The first kappa shape index (κ1) is 13.4. The summed E-state index contributed by atoms with van der Waals surface area (Å²) in [6.45, 7) is 6.59. The lowest BCUT2D eigenvalue weighted by molar-refractivity contribution is 0.706. The van der Waals surface area contributed by atoms with Crippen LogP contribution in [0.25, 0.3) is 6.08 Å². The molecule has 0 atom stereocenters. The number of benzene rings is 1. The molecule has 1 N–H and O–H groups in total. The lowest BCUT2D eigenvalue weighted by Gasteiger charge is -2.07. The molecule has 2 rings (SSSR count). The van der Waals surface area contributed by atoms with Gasteiger partial charge in [-0.05, 0) is 49.3 Å². The first-order valence-corrected chi connectivity index (χ1v) is 7.33.